The van der Waals surface area contributed by atoms with E-state index in [-0.39, 0.29) is 47.4 Å². The van der Waals surface area contributed by atoms with Crippen molar-refractivity contribution < 1.29 is 19.5 Å². The van der Waals surface area contributed by atoms with Crippen LogP contribution in [-0.4, -0.2) is 73.2 Å². The fourth-order valence-electron chi connectivity index (χ4n) is 4.11. The number of carbonyl (C=O) groups excluding carboxylic acids is 2. The number of nitrogens with one attached hydrogen (secondary N) is 2. The van der Waals surface area contributed by atoms with Crippen molar-refractivity contribution in [1.82, 2.24) is 25.0 Å². The van der Waals surface area contributed by atoms with Crippen LogP contribution >= 0.6 is 0 Å². The zero-order chi connectivity index (χ0) is 28.0. The minimum atomic E-state index is -0.984. The number of primary amides is 1. The Morgan fingerprint density at radius 3 is 2.53 bits per heavy atom. The fraction of sp³-hybridized carbons (Fsp3) is 0.462. The number of aromatic nitrogens is 3. The van der Waals surface area contributed by atoms with Gasteiger partial charge in [0.2, 0.25) is 11.9 Å². The van der Waals surface area contributed by atoms with Crippen molar-refractivity contribution >= 4 is 35.4 Å². The van der Waals surface area contributed by atoms with Crippen LogP contribution in [0.15, 0.2) is 36.9 Å². The van der Waals surface area contributed by atoms with Crippen molar-refractivity contribution in [2.75, 3.05) is 23.7 Å². The molecule has 0 aliphatic carbocycles. The van der Waals surface area contributed by atoms with Gasteiger partial charge in [-0.2, -0.15) is 4.98 Å². The molecule has 2 aromatic rings. The van der Waals surface area contributed by atoms with Crippen molar-refractivity contribution in [3.8, 4) is 0 Å². The van der Waals surface area contributed by atoms with E-state index in [1.54, 1.807) is 29.2 Å². The molecule has 1 saturated heterocycles. The molecule has 1 aromatic carbocycles. The zero-order valence-electron chi connectivity index (χ0n) is 22.3. The Bertz CT molecular complexity index is 1180. The van der Waals surface area contributed by atoms with Crippen molar-refractivity contribution in [2.24, 2.45) is 11.1 Å². The molecule has 0 radical (unpaired) electrons. The molecule has 1 aliphatic heterocycles. The number of benzene rings is 1. The summed E-state index contributed by atoms with van der Waals surface area (Å²) in [5.41, 5.74) is 6.56. The van der Waals surface area contributed by atoms with E-state index in [2.05, 4.69) is 32.4 Å². The number of carbonyl (C=O) groups is 3. The number of hydrogen-bond donors (Lipinski definition) is 4. The Labute approximate surface area is 222 Å². The van der Waals surface area contributed by atoms with Crippen LogP contribution in [0.3, 0.4) is 0 Å². The summed E-state index contributed by atoms with van der Waals surface area (Å²) in [7, 11) is 0. The van der Waals surface area contributed by atoms with Gasteiger partial charge in [-0.1, -0.05) is 39.5 Å². The molecule has 0 saturated carbocycles. The molecule has 3 rings (SSSR count). The molecule has 204 valence electrons. The van der Waals surface area contributed by atoms with Gasteiger partial charge in [0.1, 0.15) is 0 Å². The van der Waals surface area contributed by atoms with E-state index in [1.807, 2.05) is 27.7 Å². The van der Waals surface area contributed by atoms with E-state index < -0.39 is 12.0 Å². The van der Waals surface area contributed by atoms with Gasteiger partial charge in [-0.05, 0) is 49.0 Å². The largest absolute Gasteiger partial charge is 0.465 e. The molecule has 2 heterocycles. The number of likely N-dealkylation sites (tertiary alicyclic amines) is 1. The lowest BCUT2D eigenvalue weighted by molar-refractivity contribution is -0.127. The first-order chi connectivity index (χ1) is 17.9. The van der Waals surface area contributed by atoms with E-state index in [0.29, 0.717) is 18.8 Å². The summed E-state index contributed by atoms with van der Waals surface area (Å²) >= 11 is 0. The highest BCUT2D eigenvalue weighted by molar-refractivity contribution is 5.96. The Morgan fingerprint density at radius 1 is 1.26 bits per heavy atom. The van der Waals surface area contributed by atoms with E-state index in [9.17, 15) is 19.5 Å². The highest BCUT2D eigenvalue weighted by atomic mass is 16.4. The quantitative estimate of drug-likeness (QED) is 0.360. The van der Waals surface area contributed by atoms with Gasteiger partial charge in [0.05, 0.1) is 0 Å². The fourth-order valence-corrected chi connectivity index (χ4v) is 4.11. The molecular weight excluding hydrogens is 488 g/mol. The second-order valence-corrected chi connectivity index (χ2v) is 10.4. The summed E-state index contributed by atoms with van der Waals surface area (Å²) < 4.78 is 0. The van der Waals surface area contributed by atoms with E-state index in [1.165, 1.54) is 11.0 Å². The molecule has 0 bridgehead atoms. The molecule has 1 fully saturated rings. The normalized spacial score (nSPS) is 16.3. The van der Waals surface area contributed by atoms with Gasteiger partial charge < -0.3 is 31.3 Å². The molecule has 12 nitrogen and oxygen atoms in total. The average Bonchev–Trinajstić information content (AvgIpc) is 2.86. The van der Waals surface area contributed by atoms with Crippen molar-refractivity contribution in [3.63, 3.8) is 0 Å². The summed E-state index contributed by atoms with van der Waals surface area (Å²) in [5.74, 6) is -0.597. The van der Waals surface area contributed by atoms with Crippen LogP contribution in [0, 0.1) is 5.41 Å². The first-order valence-corrected chi connectivity index (χ1v) is 12.5. The second-order valence-electron chi connectivity index (χ2n) is 10.4. The lowest BCUT2D eigenvalue weighted by Crippen LogP contribution is -2.44. The Hall–Kier alpha value is -4.22. The molecular formula is C26H36N8O4. The van der Waals surface area contributed by atoms with E-state index in [4.69, 9.17) is 5.73 Å². The van der Waals surface area contributed by atoms with Gasteiger partial charge in [0, 0.05) is 37.4 Å². The van der Waals surface area contributed by atoms with Crippen LogP contribution < -0.4 is 16.4 Å². The molecule has 1 aliphatic rings. The third-order valence-corrected chi connectivity index (χ3v) is 6.70. The number of anilines is 3. The maximum Gasteiger partial charge on any atom is 0.407 e. The average molecular weight is 525 g/mol. The Kier molecular flexibility index (Phi) is 8.87. The Morgan fingerprint density at radius 2 is 1.95 bits per heavy atom. The van der Waals surface area contributed by atoms with Gasteiger partial charge in [0.25, 0.3) is 5.91 Å². The van der Waals surface area contributed by atoms with Gasteiger partial charge >= 0.3 is 6.09 Å². The molecule has 2 atom stereocenters. The molecule has 0 spiro atoms. The zero-order valence-corrected chi connectivity index (χ0v) is 22.3. The van der Waals surface area contributed by atoms with Crippen LogP contribution in [0.5, 0.6) is 0 Å². The second kappa shape index (κ2) is 11.9. The van der Waals surface area contributed by atoms with Gasteiger partial charge in [-0.15, -0.1) is 10.2 Å². The highest BCUT2D eigenvalue weighted by Gasteiger charge is 2.29. The van der Waals surface area contributed by atoms with Crippen LogP contribution in [-0.2, 0) is 11.3 Å². The van der Waals surface area contributed by atoms with Crippen LogP contribution in [0.25, 0.3) is 0 Å². The minimum Gasteiger partial charge on any atom is -0.465 e. The minimum absolute atomic E-state index is 0.0892. The third kappa shape index (κ3) is 7.17. The van der Waals surface area contributed by atoms with Crippen molar-refractivity contribution in [2.45, 2.75) is 59.2 Å². The van der Waals surface area contributed by atoms with Crippen LogP contribution in [0.1, 0.15) is 56.6 Å². The summed E-state index contributed by atoms with van der Waals surface area (Å²) in [4.78, 5) is 43.3. The number of hydrogen-bond acceptors (Lipinski definition) is 8. The predicted octanol–water partition coefficient (Wildman–Crippen LogP) is 3.22. The van der Waals surface area contributed by atoms with Crippen molar-refractivity contribution in [3.05, 3.63) is 48.2 Å². The summed E-state index contributed by atoms with van der Waals surface area (Å²) in [6.07, 6.45) is 1.94. The van der Waals surface area contributed by atoms with Gasteiger partial charge in [0.15, 0.2) is 11.5 Å². The van der Waals surface area contributed by atoms with Crippen LogP contribution in [0.2, 0.25) is 0 Å². The first kappa shape index (κ1) is 28.4. The van der Waals surface area contributed by atoms with Crippen molar-refractivity contribution in [1.29, 1.82) is 0 Å². The maximum absolute atomic E-state index is 12.0. The molecule has 12 heteroatoms. The number of amides is 3. The maximum atomic E-state index is 12.0. The topological polar surface area (TPSA) is 167 Å². The lowest BCUT2D eigenvalue weighted by atomic mass is 9.87. The number of rotatable bonds is 9. The van der Waals surface area contributed by atoms with Gasteiger partial charge in [-0.25, -0.2) is 4.79 Å². The summed E-state index contributed by atoms with van der Waals surface area (Å²) in [6.45, 7) is 12.8. The highest BCUT2D eigenvalue weighted by Crippen LogP contribution is 2.26. The standard InChI is InChI=1S/C26H36N8O4/c1-6-20(35)33-13-7-8-19(15-33)29-24-30-23(21(22(27)36)31-32-24)28-18-11-9-17(10-12-18)14-34(25(37)38)16(2)26(3,4)5/h6,9-12,16,19H,1,7-8,13-15H2,2-5H3,(H2,27,36)(H,37,38)(H2,28,29,30,32)/t16-,19+/m0/s1. The number of nitrogens with two attached hydrogens (primary N) is 1. The SMILES string of the molecule is C=CC(=O)N1CCC[C@@H](Nc2nnc(C(N)=O)c(Nc3ccc(CN(C(=O)O)[C@@H](C)C(C)(C)C)cc3)n2)C1. The predicted molar refractivity (Wildman–Crippen MR) is 144 cm³/mol. The third-order valence-electron chi connectivity index (χ3n) is 6.70. The molecule has 0 unspecified atom stereocenters. The number of piperidine rings is 1. The molecule has 3 amide bonds. The summed E-state index contributed by atoms with van der Waals surface area (Å²) in [5, 5.41) is 23.9. The molecule has 5 N–H and O–H groups in total. The van der Waals surface area contributed by atoms with Gasteiger partial charge in [-0.3, -0.25) is 9.59 Å². The van der Waals surface area contributed by atoms with Crippen LogP contribution in [0.4, 0.5) is 22.2 Å². The molecule has 1 aromatic heterocycles. The van der Waals surface area contributed by atoms with E-state index >= 15 is 0 Å². The molecule has 38 heavy (non-hydrogen) atoms. The summed E-state index contributed by atoms with van der Waals surface area (Å²) in [6, 6.07) is 6.85. The lowest BCUT2D eigenvalue weighted by Gasteiger charge is -2.36. The number of nitrogens with zero attached hydrogens (tertiary/aromatic N) is 5. The monoisotopic (exact) mass is 524 g/mol. The first-order valence-electron chi connectivity index (χ1n) is 12.5. The smallest absolute Gasteiger partial charge is 0.407 e. The van der Waals surface area contributed by atoms with E-state index in [0.717, 1.165) is 18.4 Å². The Balaban J connectivity index is 1.75. The number of carboxylic acid groups (broad SMARTS) is 1.